The van der Waals surface area contributed by atoms with Crippen LogP contribution in [0.3, 0.4) is 0 Å². The number of nitrogens with one attached hydrogen (secondary N) is 1. The highest BCUT2D eigenvalue weighted by atomic mass is 16.5. The summed E-state index contributed by atoms with van der Waals surface area (Å²) in [6, 6.07) is 5.74. The Morgan fingerprint density at radius 1 is 1.38 bits per heavy atom. The van der Waals surface area contributed by atoms with Crippen LogP contribution in [0.2, 0.25) is 0 Å². The van der Waals surface area contributed by atoms with Crippen molar-refractivity contribution in [2.45, 2.75) is 19.3 Å². The number of hydrogen-bond acceptors (Lipinski definition) is 3. The number of nitrogens with two attached hydrogens (primary N) is 1. The van der Waals surface area contributed by atoms with Crippen LogP contribution in [-0.4, -0.2) is 19.1 Å². The molecule has 0 atom stereocenters. The number of hydrogen-bond donors (Lipinski definition) is 2. The molecule has 1 aliphatic rings. The third-order valence-corrected chi connectivity index (χ3v) is 2.59. The van der Waals surface area contributed by atoms with E-state index in [2.05, 4.69) is 5.32 Å². The minimum Gasteiger partial charge on any atom is -0.492 e. The molecular formula is C12H16N2O2. The molecule has 1 aromatic rings. The third kappa shape index (κ3) is 2.52. The van der Waals surface area contributed by atoms with Gasteiger partial charge in [-0.25, -0.2) is 0 Å². The van der Waals surface area contributed by atoms with Crippen molar-refractivity contribution in [2.24, 2.45) is 5.73 Å². The fraction of sp³-hybridized carbons (Fsp3) is 0.417. The summed E-state index contributed by atoms with van der Waals surface area (Å²) < 4.78 is 5.45. The molecule has 3 N–H and O–H groups in total. The molecule has 4 nitrogen and oxygen atoms in total. The molecular weight excluding hydrogens is 204 g/mol. The summed E-state index contributed by atoms with van der Waals surface area (Å²) in [5, 5.41) is 2.89. The molecule has 0 saturated heterocycles. The van der Waals surface area contributed by atoms with Gasteiger partial charge in [0.1, 0.15) is 12.4 Å². The van der Waals surface area contributed by atoms with E-state index in [0.717, 1.165) is 29.8 Å². The number of rotatable bonds is 3. The SMILES string of the molecule is NCCOc1ccc2c(c1)CCCC(=O)N2. The Morgan fingerprint density at radius 2 is 2.25 bits per heavy atom. The predicted octanol–water partition coefficient (Wildman–Crippen LogP) is 1.30. The quantitative estimate of drug-likeness (QED) is 0.807. The fourth-order valence-electron chi connectivity index (χ4n) is 1.82. The third-order valence-electron chi connectivity index (χ3n) is 2.59. The van der Waals surface area contributed by atoms with Crippen molar-refractivity contribution in [2.75, 3.05) is 18.5 Å². The van der Waals surface area contributed by atoms with E-state index >= 15 is 0 Å². The van der Waals surface area contributed by atoms with Crippen LogP contribution >= 0.6 is 0 Å². The van der Waals surface area contributed by atoms with Gasteiger partial charge in [0.25, 0.3) is 0 Å². The van der Waals surface area contributed by atoms with E-state index < -0.39 is 0 Å². The smallest absolute Gasteiger partial charge is 0.224 e. The first-order chi connectivity index (χ1) is 7.79. The van der Waals surface area contributed by atoms with E-state index in [9.17, 15) is 4.79 Å². The van der Waals surface area contributed by atoms with Gasteiger partial charge in [0, 0.05) is 18.7 Å². The van der Waals surface area contributed by atoms with Crippen LogP contribution in [0.1, 0.15) is 18.4 Å². The highest BCUT2D eigenvalue weighted by Crippen LogP contribution is 2.26. The monoisotopic (exact) mass is 220 g/mol. The zero-order chi connectivity index (χ0) is 11.4. The molecule has 0 unspecified atom stereocenters. The number of benzene rings is 1. The summed E-state index contributed by atoms with van der Waals surface area (Å²) in [6.07, 6.45) is 2.39. The molecule has 0 aliphatic carbocycles. The molecule has 1 aromatic carbocycles. The van der Waals surface area contributed by atoms with Gasteiger partial charge in [-0.1, -0.05) is 0 Å². The number of aryl methyl sites for hydroxylation is 1. The number of ether oxygens (including phenoxy) is 1. The summed E-state index contributed by atoms with van der Waals surface area (Å²) in [4.78, 5) is 11.3. The van der Waals surface area contributed by atoms with Gasteiger partial charge in [-0.15, -0.1) is 0 Å². The molecule has 0 bridgehead atoms. The van der Waals surface area contributed by atoms with E-state index in [4.69, 9.17) is 10.5 Å². The van der Waals surface area contributed by atoms with Crippen LogP contribution in [0.5, 0.6) is 5.75 Å². The van der Waals surface area contributed by atoms with Crippen LogP contribution in [0.4, 0.5) is 5.69 Å². The standard InChI is InChI=1S/C12H16N2O2/c13-6-7-16-10-4-5-11-9(8-10)2-1-3-12(15)14-11/h4-5,8H,1-3,6-7,13H2,(H,14,15). The molecule has 0 spiro atoms. The summed E-state index contributed by atoms with van der Waals surface area (Å²) in [5.74, 6) is 0.912. The minimum atomic E-state index is 0.0920. The maximum atomic E-state index is 11.3. The molecule has 16 heavy (non-hydrogen) atoms. The largest absolute Gasteiger partial charge is 0.492 e. The molecule has 1 heterocycles. The van der Waals surface area contributed by atoms with Gasteiger partial charge in [-0.2, -0.15) is 0 Å². The fourth-order valence-corrected chi connectivity index (χ4v) is 1.82. The molecule has 1 amide bonds. The van der Waals surface area contributed by atoms with Crippen LogP contribution in [0.25, 0.3) is 0 Å². The highest BCUT2D eigenvalue weighted by Gasteiger charge is 2.12. The molecule has 0 fully saturated rings. The molecule has 0 radical (unpaired) electrons. The van der Waals surface area contributed by atoms with Gasteiger partial charge in [0.15, 0.2) is 0 Å². The van der Waals surface area contributed by atoms with E-state index in [0.29, 0.717) is 19.6 Å². The second-order valence-electron chi connectivity index (χ2n) is 3.86. The second-order valence-corrected chi connectivity index (χ2v) is 3.86. The Balaban J connectivity index is 2.17. The van der Waals surface area contributed by atoms with Crippen LogP contribution < -0.4 is 15.8 Å². The van der Waals surface area contributed by atoms with Crippen molar-refractivity contribution in [3.8, 4) is 5.75 Å². The first kappa shape index (κ1) is 11.0. The Kier molecular flexibility index (Phi) is 3.41. The van der Waals surface area contributed by atoms with Gasteiger partial charge in [-0.05, 0) is 36.6 Å². The lowest BCUT2D eigenvalue weighted by atomic mass is 10.1. The second kappa shape index (κ2) is 4.99. The lowest BCUT2D eigenvalue weighted by Gasteiger charge is -2.10. The summed E-state index contributed by atoms with van der Waals surface area (Å²) in [5.41, 5.74) is 7.42. The van der Waals surface area contributed by atoms with Crippen molar-refractivity contribution in [1.29, 1.82) is 0 Å². The number of anilines is 1. The van der Waals surface area contributed by atoms with E-state index in [-0.39, 0.29) is 5.91 Å². The molecule has 86 valence electrons. The van der Waals surface area contributed by atoms with E-state index in [1.807, 2.05) is 18.2 Å². The molecule has 0 saturated carbocycles. The highest BCUT2D eigenvalue weighted by molar-refractivity contribution is 5.92. The normalized spacial score (nSPS) is 14.9. The maximum Gasteiger partial charge on any atom is 0.224 e. The van der Waals surface area contributed by atoms with Crippen LogP contribution in [0.15, 0.2) is 18.2 Å². The Bertz CT molecular complexity index is 391. The van der Waals surface area contributed by atoms with E-state index in [1.165, 1.54) is 0 Å². The van der Waals surface area contributed by atoms with Crippen molar-refractivity contribution < 1.29 is 9.53 Å². The van der Waals surface area contributed by atoms with Gasteiger partial charge in [0.05, 0.1) is 0 Å². The Hall–Kier alpha value is -1.55. The first-order valence-corrected chi connectivity index (χ1v) is 5.55. The van der Waals surface area contributed by atoms with Crippen molar-refractivity contribution in [3.63, 3.8) is 0 Å². The molecule has 1 aliphatic heterocycles. The summed E-state index contributed by atoms with van der Waals surface area (Å²) in [6.45, 7) is 1.03. The zero-order valence-corrected chi connectivity index (χ0v) is 9.16. The average Bonchev–Trinajstić information content (AvgIpc) is 2.46. The van der Waals surface area contributed by atoms with Crippen LogP contribution in [0, 0.1) is 0 Å². The van der Waals surface area contributed by atoms with Gasteiger partial charge in [0.2, 0.25) is 5.91 Å². The van der Waals surface area contributed by atoms with Crippen LogP contribution in [-0.2, 0) is 11.2 Å². The number of amides is 1. The predicted molar refractivity (Wildman–Crippen MR) is 62.6 cm³/mol. The summed E-state index contributed by atoms with van der Waals surface area (Å²) >= 11 is 0. The van der Waals surface area contributed by atoms with Gasteiger partial charge in [-0.3, -0.25) is 4.79 Å². The lowest BCUT2D eigenvalue weighted by Crippen LogP contribution is -2.11. The number of fused-ring (bicyclic) bond motifs is 1. The number of carbonyl (C=O) groups is 1. The number of carbonyl (C=O) groups excluding carboxylic acids is 1. The van der Waals surface area contributed by atoms with Gasteiger partial charge < -0.3 is 15.8 Å². The molecule has 0 aromatic heterocycles. The molecule has 2 rings (SSSR count). The Labute approximate surface area is 94.8 Å². The Morgan fingerprint density at radius 3 is 3.06 bits per heavy atom. The van der Waals surface area contributed by atoms with Gasteiger partial charge >= 0.3 is 0 Å². The summed E-state index contributed by atoms with van der Waals surface area (Å²) in [7, 11) is 0. The minimum absolute atomic E-state index is 0.0920. The topological polar surface area (TPSA) is 64.3 Å². The molecule has 4 heteroatoms. The van der Waals surface area contributed by atoms with Crippen molar-refractivity contribution in [1.82, 2.24) is 0 Å². The average molecular weight is 220 g/mol. The first-order valence-electron chi connectivity index (χ1n) is 5.55. The van der Waals surface area contributed by atoms with Crippen molar-refractivity contribution in [3.05, 3.63) is 23.8 Å². The van der Waals surface area contributed by atoms with Crippen molar-refractivity contribution >= 4 is 11.6 Å². The maximum absolute atomic E-state index is 11.3. The van der Waals surface area contributed by atoms with E-state index in [1.54, 1.807) is 0 Å². The zero-order valence-electron chi connectivity index (χ0n) is 9.16. The lowest BCUT2D eigenvalue weighted by molar-refractivity contribution is -0.116.